The van der Waals surface area contributed by atoms with Crippen molar-refractivity contribution in [3.05, 3.63) is 29.8 Å². The average molecular weight is 305 g/mol. The van der Waals surface area contributed by atoms with Gasteiger partial charge in [-0.05, 0) is 50.4 Å². The van der Waals surface area contributed by atoms with Crippen LogP contribution in [0.4, 0.5) is 0 Å². The fourth-order valence-electron chi connectivity index (χ4n) is 3.20. The number of rotatable bonds is 5. The van der Waals surface area contributed by atoms with Gasteiger partial charge >= 0.3 is 0 Å². The number of nitrogens with one attached hydrogen (secondary N) is 1. The molecule has 1 atom stereocenters. The van der Waals surface area contributed by atoms with Crippen LogP contribution in [0.5, 0.6) is 0 Å². The normalized spacial score (nSPS) is 24.0. The second-order valence-electron chi connectivity index (χ2n) is 6.18. The molecule has 4 heteroatoms. The molecule has 21 heavy (non-hydrogen) atoms. The molecule has 2 heterocycles. The van der Waals surface area contributed by atoms with Crippen LogP contribution in [0.3, 0.4) is 0 Å². The molecule has 1 aromatic carbocycles. The van der Waals surface area contributed by atoms with Crippen LogP contribution in [0.2, 0.25) is 0 Å². The summed E-state index contributed by atoms with van der Waals surface area (Å²) < 4.78 is 0. The van der Waals surface area contributed by atoms with Crippen molar-refractivity contribution in [2.75, 3.05) is 52.1 Å². The third kappa shape index (κ3) is 4.22. The van der Waals surface area contributed by atoms with Gasteiger partial charge in [-0.25, -0.2) is 0 Å². The van der Waals surface area contributed by atoms with Crippen molar-refractivity contribution in [2.45, 2.75) is 23.8 Å². The maximum absolute atomic E-state index is 3.78. The molecule has 0 amide bonds. The van der Waals surface area contributed by atoms with E-state index >= 15 is 0 Å². The summed E-state index contributed by atoms with van der Waals surface area (Å²) in [6, 6.07) is 9.44. The zero-order chi connectivity index (χ0) is 14.5. The Morgan fingerprint density at radius 2 is 2.00 bits per heavy atom. The second-order valence-corrected chi connectivity index (χ2v) is 7.32. The molecule has 0 radical (unpaired) electrons. The fourth-order valence-corrected chi connectivity index (χ4v) is 4.33. The standard InChI is InChI=1S/C17H27N3S/c1-19-10-12-20(13-11-19)9-4-8-18-16-7-14-21-17-6-3-2-5-15(16)17/h2-3,5-6,16,18H,4,7-14H2,1H3. The molecule has 3 nitrogen and oxygen atoms in total. The van der Waals surface area contributed by atoms with Gasteiger partial charge in [-0.3, -0.25) is 0 Å². The Labute approximate surface area is 133 Å². The lowest BCUT2D eigenvalue weighted by Gasteiger charge is -2.32. The van der Waals surface area contributed by atoms with Crippen LogP contribution in [-0.4, -0.2) is 61.9 Å². The molecule has 0 spiro atoms. The molecular weight excluding hydrogens is 278 g/mol. The van der Waals surface area contributed by atoms with E-state index in [0.29, 0.717) is 6.04 Å². The Balaban J connectivity index is 1.40. The molecule has 116 valence electrons. The van der Waals surface area contributed by atoms with Crippen LogP contribution in [0.15, 0.2) is 29.2 Å². The second kappa shape index (κ2) is 7.63. The zero-order valence-electron chi connectivity index (χ0n) is 13.1. The quantitative estimate of drug-likeness (QED) is 0.842. The maximum Gasteiger partial charge on any atom is 0.0339 e. The first kappa shape index (κ1) is 15.3. The third-order valence-corrected chi connectivity index (χ3v) is 5.72. The van der Waals surface area contributed by atoms with Crippen molar-refractivity contribution in [3.63, 3.8) is 0 Å². The lowest BCUT2D eigenvalue weighted by atomic mass is 10.0. The predicted molar refractivity (Wildman–Crippen MR) is 91.1 cm³/mol. The van der Waals surface area contributed by atoms with E-state index in [4.69, 9.17) is 0 Å². The van der Waals surface area contributed by atoms with Crippen LogP contribution in [0, 0.1) is 0 Å². The minimum atomic E-state index is 0.565. The van der Waals surface area contributed by atoms with Crippen LogP contribution in [0.1, 0.15) is 24.4 Å². The fraction of sp³-hybridized carbons (Fsp3) is 0.647. The minimum Gasteiger partial charge on any atom is -0.310 e. The Morgan fingerprint density at radius 1 is 1.19 bits per heavy atom. The summed E-state index contributed by atoms with van der Waals surface area (Å²) in [6.07, 6.45) is 2.52. The number of thioether (sulfide) groups is 1. The summed E-state index contributed by atoms with van der Waals surface area (Å²) in [5, 5.41) is 3.78. The van der Waals surface area contributed by atoms with E-state index < -0.39 is 0 Å². The summed E-state index contributed by atoms with van der Waals surface area (Å²) >= 11 is 2.00. The molecule has 1 unspecified atom stereocenters. The van der Waals surface area contributed by atoms with E-state index in [-0.39, 0.29) is 0 Å². The van der Waals surface area contributed by atoms with Crippen molar-refractivity contribution in [3.8, 4) is 0 Å². The van der Waals surface area contributed by atoms with Gasteiger partial charge in [0.2, 0.25) is 0 Å². The highest BCUT2D eigenvalue weighted by atomic mass is 32.2. The number of likely N-dealkylation sites (N-methyl/N-ethyl adjacent to an activating group) is 1. The molecule has 1 aromatic rings. The molecule has 2 aliphatic rings. The van der Waals surface area contributed by atoms with Gasteiger partial charge in [0.15, 0.2) is 0 Å². The van der Waals surface area contributed by atoms with E-state index in [1.165, 1.54) is 61.8 Å². The van der Waals surface area contributed by atoms with E-state index in [9.17, 15) is 0 Å². The zero-order valence-corrected chi connectivity index (χ0v) is 13.9. The van der Waals surface area contributed by atoms with Gasteiger partial charge in [0.05, 0.1) is 0 Å². The van der Waals surface area contributed by atoms with Crippen molar-refractivity contribution < 1.29 is 0 Å². The number of hydrogen-bond acceptors (Lipinski definition) is 4. The molecule has 0 aliphatic carbocycles. The molecule has 0 saturated carbocycles. The van der Waals surface area contributed by atoms with Crippen LogP contribution >= 0.6 is 11.8 Å². The lowest BCUT2D eigenvalue weighted by molar-refractivity contribution is 0.152. The van der Waals surface area contributed by atoms with E-state index in [2.05, 4.69) is 46.4 Å². The Morgan fingerprint density at radius 3 is 2.86 bits per heavy atom. The average Bonchev–Trinajstić information content (AvgIpc) is 2.53. The van der Waals surface area contributed by atoms with Gasteiger partial charge in [0.1, 0.15) is 0 Å². The minimum absolute atomic E-state index is 0.565. The van der Waals surface area contributed by atoms with Crippen molar-refractivity contribution in [2.24, 2.45) is 0 Å². The summed E-state index contributed by atoms with van der Waals surface area (Å²) in [6.45, 7) is 7.29. The molecule has 1 fully saturated rings. The van der Waals surface area contributed by atoms with Crippen molar-refractivity contribution >= 4 is 11.8 Å². The van der Waals surface area contributed by atoms with Gasteiger partial charge in [-0.1, -0.05) is 18.2 Å². The van der Waals surface area contributed by atoms with Crippen LogP contribution < -0.4 is 5.32 Å². The summed E-state index contributed by atoms with van der Waals surface area (Å²) in [4.78, 5) is 6.50. The lowest BCUT2D eigenvalue weighted by Crippen LogP contribution is -2.45. The largest absolute Gasteiger partial charge is 0.310 e. The van der Waals surface area contributed by atoms with Gasteiger partial charge in [-0.2, -0.15) is 0 Å². The molecule has 2 aliphatic heterocycles. The highest BCUT2D eigenvalue weighted by molar-refractivity contribution is 7.99. The number of benzene rings is 1. The Hall–Kier alpha value is -0.550. The molecular formula is C17H27N3S. The first-order chi connectivity index (χ1) is 10.3. The summed E-state index contributed by atoms with van der Waals surface area (Å²) in [5.74, 6) is 1.24. The van der Waals surface area contributed by atoms with Gasteiger partial charge in [-0.15, -0.1) is 11.8 Å². The molecule has 1 saturated heterocycles. The number of nitrogens with zero attached hydrogens (tertiary/aromatic N) is 2. The van der Waals surface area contributed by atoms with Gasteiger partial charge < -0.3 is 15.1 Å². The number of piperazine rings is 1. The first-order valence-corrected chi connectivity index (χ1v) is 9.17. The topological polar surface area (TPSA) is 18.5 Å². The smallest absolute Gasteiger partial charge is 0.0339 e. The Kier molecular flexibility index (Phi) is 5.58. The Bertz CT molecular complexity index is 443. The number of hydrogen-bond donors (Lipinski definition) is 1. The third-order valence-electron chi connectivity index (χ3n) is 4.60. The van der Waals surface area contributed by atoms with E-state index in [1.54, 1.807) is 0 Å². The maximum atomic E-state index is 3.78. The molecule has 0 bridgehead atoms. The molecule has 1 N–H and O–H groups in total. The first-order valence-electron chi connectivity index (χ1n) is 8.19. The highest BCUT2D eigenvalue weighted by Gasteiger charge is 2.19. The van der Waals surface area contributed by atoms with Gasteiger partial charge in [0, 0.05) is 37.1 Å². The summed E-state index contributed by atoms with van der Waals surface area (Å²) in [7, 11) is 2.22. The van der Waals surface area contributed by atoms with E-state index in [0.717, 1.165) is 6.54 Å². The SMILES string of the molecule is CN1CCN(CCCNC2CCSc3ccccc32)CC1. The van der Waals surface area contributed by atoms with Crippen LogP contribution in [-0.2, 0) is 0 Å². The van der Waals surface area contributed by atoms with Gasteiger partial charge in [0.25, 0.3) is 0 Å². The predicted octanol–water partition coefficient (Wildman–Crippen LogP) is 2.45. The number of fused-ring (bicyclic) bond motifs is 1. The molecule has 0 aromatic heterocycles. The van der Waals surface area contributed by atoms with E-state index in [1.807, 2.05) is 11.8 Å². The summed E-state index contributed by atoms with van der Waals surface area (Å²) in [5.41, 5.74) is 1.51. The van der Waals surface area contributed by atoms with Crippen molar-refractivity contribution in [1.29, 1.82) is 0 Å². The van der Waals surface area contributed by atoms with Crippen LogP contribution in [0.25, 0.3) is 0 Å². The molecule has 3 rings (SSSR count). The monoisotopic (exact) mass is 305 g/mol. The highest BCUT2D eigenvalue weighted by Crippen LogP contribution is 2.35. The van der Waals surface area contributed by atoms with Crippen molar-refractivity contribution in [1.82, 2.24) is 15.1 Å².